The first-order valence-corrected chi connectivity index (χ1v) is 10.1. The molecule has 1 saturated heterocycles. The van der Waals surface area contributed by atoms with Gasteiger partial charge in [-0.25, -0.2) is 4.79 Å². The second-order valence-corrected chi connectivity index (χ2v) is 8.61. The maximum absolute atomic E-state index is 12.9. The van der Waals surface area contributed by atoms with Crippen molar-refractivity contribution in [1.82, 2.24) is 10.2 Å². The smallest absolute Gasteiger partial charge is 0.331 e. The summed E-state index contributed by atoms with van der Waals surface area (Å²) in [6.07, 6.45) is 7.30. The third-order valence-electron chi connectivity index (χ3n) is 6.68. The number of amides is 3. The summed E-state index contributed by atoms with van der Waals surface area (Å²) in [4.78, 5) is 51.4. The highest BCUT2D eigenvalue weighted by molar-refractivity contribution is 6.08. The summed E-state index contributed by atoms with van der Waals surface area (Å²) in [6, 6.07) is 0. The summed E-state index contributed by atoms with van der Waals surface area (Å²) in [6.45, 7) is 1.81. The molecule has 0 atom stereocenters. The van der Waals surface area contributed by atoms with Crippen LogP contribution in [0.25, 0.3) is 0 Å². The van der Waals surface area contributed by atoms with Crippen LogP contribution in [0.5, 0.6) is 0 Å². The number of carbonyl (C=O) groups is 4. The van der Waals surface area contributed by atoms with E-state index in [4.69, 9.17) is 4.74 Å². The Morgan fingerprint density at radius 1 is 1.11 bits per heavy atom. The molecule has 0 aromatic rings. The topological polar surface area (TPSA) is 92.8 Å². The summed E-state index contributed by atoms with van der Waals surface area (Å²) < 4.78 is 4.93. The molecule has 1 N–H and O–H groups in total. The lowest BCUT2D eigenvalue weighted by Gasteiger charge is -2.37. The van der Waals surface area contributed by atoms with E-state index in [2.05, 4.69) is 12.2 Å². The number of rotatable bonds is 4. The molecular formula is C20H30N2O5. The van der Waals surface area contributed by atoms with Crippen LogP contribution in [0.1, 0.15) is 71.1 Å². The van der Waals surface area contributed by atoms with E-state index >= 15 is 0 Å². The molecule has 27 heavy (non-hydrogen) atoms. The molecule has 3 aliphatic rings. The molecule has 2 aliphatic carbocycles. The molecule has 0 aromatic heterocycles. The number of methoxy groups -OCH3 is 1. The molecular weight excluding hydrogens is 348 g/mol. The minimum Gasteiger partial charge on any atom is -0.467 e. The molecule has 1 aliphatic heterocycles. The van der Waals surface area contributed by atoms with Crippen LogP contribution in [0.4, 0.5) is 0 Å². The van der Waals surface area contributed by atoms with Gasteiger partial charge >= 0.3 is 5.97 Å². The van der Waals surface area contributed by atoms with E-state index in [9.17, 15) is 19.2 Å². The molecule has 1 heterocycles. The van der Waals surface area contributed by atoms with E-state index in [-0.39, 0.29) is 24.8 Å². The number of imide groups is 1. The predicted octanol–water partition coefficient (Wildman–Crippen LogP) is 1.93. The Hall–Kier alpha value is -1.92. The molecule has 0 bridgehead atoms. The van der Waals surface area contributed by atoms with Crippen LogP contribution in [0, 0.1) is 11.3 Å². The predicted molar refractivity (Wildman–Crippen MR) is 97.4 cm³/mol. The largest absolute Gasteiger partial charge is 0.467 e. The van der Waals surface area contributed by atoms with Crippen LogP contribution < -0.4 is 5.32 Å². The van der Waals surface area contributed by atoms with Gasteiger partial charge in [-0.3, -0.25) is 19.3 Å². The van der Waals surface area contributed by atoms with Crippen molar-refractivity contribution in [2.24, 2.45) is 11.3 Å². The van der Waals surface area contributed by atoms with Crippen LogP contribution in [-0.4, -0.2) is 47.8 Å². The first-order valence-electron chi connectivity index (χ1n) is 10.1. The van der Waals surface area contributed by atoms with Crippen LogP contribution in [0.2, 0.25) is 0 Å². The first-order chi connectivity index (χ1) is 12.8. The van der Waals surface area contributed by atoms with Gasteiger partial charge < -0.3 is 10.1 Å². The molecule has 1 spiro atoms. The summed E-state index contributed by atoms with van der Waals surface area (Å²) in [7, 11) is 1.31. The number of nitrogens with zero attached hydrogens (tertiary/aromatic N) is 1. The fraction of sp³-hybridized carbons (Fsp3) is 0.800. The van der Waals surface area contributed by atoms with Gasteiger partial charge in [0.2, 0.25) is 17.7 Å². The van der Waals surface area contributed by atoms with Crippen molar-refractivity contribution < 1.29 is 23.9 Å². The lowest BCUT2D eigenvalue weighted by Crippen LogP contribution is -2.58. The number of nitrogens with one attached hydrogen (secondary N) is 1. The third kappa shape index (κ3) is 3.73. The molecule has 0 aromatic carbocycles. The molecule has 0 unspecified atom stereocenters. The summed E-state index contributed by atoms with van der Waals surface area (Å²) in [5, 5.41) is 2.80. The molecule has 2 saturated carbocycles. The Bertz CT molecular complexity index is 630. The zero-order valence-electron chi connectivity index (χ0n) is 16.3. The summed E-state index contributed by atoms with van der Waals surface area (Å²) >= 11 is 0. The van der Waals surface area contributed by atoms with Gasteiger partial charge in [0.05, 0.1) is 12.5 Å². The Balaban J connectivity index is 1.68. The van der Waals surface area contributed by atoms with Crippen LogP contribution in [0.15, 0.2) is 0 Å². The van der Waals surface area contributed by atoms with Crippen molar-refractivity contribution in [2.45, 2.75) is 76.7 Å². The van der Waals surface area contributed by atoms with Gasteiger partial charge in [-0.1, -0.05) is 26.2 Å². The van der Waals surface area contributed by atoms with Gasteiger partial charge in [-0.2, -0.15) is 0 Å². The van der Waals surface area contributed by atoms with E-state index < -0.39 is 22.8 Å². The maximum atomic E-state index is 12.9. The molecule has 7 nitrogen and oxygen atoms in total. The van der Waals surface area contributed by atoms with E-state index in [1.807, 2.05) is 0 Å². The van der Waals surface area contributed by atoms with Crippen molar-refractivity contribution >= 4 is 23.7 Å². The third-order valence-corrected chi connectivity index (χ3v) is 6.68. The van der Waals surface area contributed by atoms with Gasteiger partial charge in [0.25, 0.3) is 0 Å². The molecule has 0 radical (unpaired) electrons. The fourth-order valence-electron chi connectivity index (χ4n) is 4.92. The van der Waals surface area contributed by atoms with Crippen LogP contribution in [-0.2, 0) is 23.9 Å². The highest BCUT2D eigenvalue weighted by Gasteiger charge is 2.52. The monoisotopic (exact) mass is 378 g/mol. The van der Waals surface area contributed by atoms with E-state index in [1.165, 1.54) is 7.11 Å². The Kier molecular flexibility index (Phi) is 5.58. The highest BCUT2D eigenvalue weighted by Crippen LogP contribution is 2.45. The van der Waals surface area contributed by atoms with Crippen molar-refractivity contribution in [3.8, 4) is 0 Å². The van der Waals surface area contributed by atoms with Crippen molar-refractivity contribution in [2.75, 3.05) is 13.7 Å². The average Bonchev–Trinajstić information content (AvgIpc) is 2.87. The molecule has 3 fully saturated rings. The highest BCUT2D eigenvalue weighted by atomic mass is 16.5. The zero-order chi connectivity index (χ0) is 19.7. The molecule has 3 amide bonds. The number of likely N-dealkylation sites (tertiary alicyclic amines) is 1. The number of hydrogen-bond acceptors (Lipinski definition) is 5. The minimum absolute atomic E-state index is 0.207. The summed E-state index contributed by atoms with van der Waals surface area (Å²) in [5.74, 6) is -0.921. The van der Waals surface area contributed by atoms with Crippen LogP contribution >= 0.6 is 0 Å². The van der Waals surface area contributed by atoms with Crippen LogP contribution in [0.3, 0.4) is 0 Å². The van der Waals surface area contributed by atoms with E-state index in [0.717, 1.165) is 49.8 Å². The zero-order valence-corrected chi connectivity index (χ0v) is 16.3. The van der Waals surface area contributed by atoms with Gasteiger partial charge in [0.1, 0.15) is 12.1 Å². The standard InChI is InChI=1S/C20H30N2O5/c1-14-6-10-20(11-7-14,18(26)27-2)21-15(23)13-22-16(24)12-19(17(22)25)8-4-3-5-9-19/h14H,3-13H2,1-2H3,(H,21,23). The SMILES string of the molecule is COC(=O)C1(NC(=O)CN2C(=O)CC3(CCCCC3)C2=O)CCC(C)CC1. The second kappa shape index (κ2) is 7.60. The van der Waals surface area contributed by atoms with Gasteiger partial charge in [-0.05, 0) is 44.4 Å². The lowest BCUT2D eigenvalue weighted by molar-refractivity contribution is -0.153. The minimum atomic E-state index is -1.05. The number of ether oxygens (including phenoxy) is 1. The lowest BCUT2D eigenvalue weighted by atomic mass is 9.73. The average molecular weight is 378 g/mol. The van der Waals surface area contributed by atoms with Crippen molar-refractivity contribution in [3.63, 3.8) is 0 Å². The quantitative estimate of drug-likeness (QED) is 0.596. The van der Waals surface area contributed by atoms with Gasteiger partial charge in [0, 0.05) is 6.42 Å². The second-order valence-electron chi connectivity index (χ2n) is 8.61. The molecule has 3 rings (SSSR count). The van der Waals surface area contributed by atoms with Gasteiger partial charge in [-0.15, -0.1) is 0 Å². The number of esters is 1. The van der Waals surface area contributed by atoms with E-state index in [1.54, 1.807) is 0 Å². The molecule has 150 valence electrons. The fourth-order valence-corrected chi connectivity index (χ4v) is 4.92. The Labute approximate surface area is 160 Å². The Morgan fingerprint density at radius 2 is 1.74 bits per heavy atom. The van der Waals surface area contributed by atoms with E-state index in [0.29, 0.717) is 18.8 Å². The number of hydrogen-bond donors (Lipinski definition) is 1. The summed E-state index contributed by atoms with van der Waals surface area (Å²) in [5.41, 5.74) is -1.65. The van der Waals surface area contributed by atoms with Gasteiger partial charge in [0.15, 0.2) is 0 Å². The van der Waals surface area contributed by atoms with Crippen molar-refractivity contribution in [3.05, 3.63) is 0 Å². The Morgan fingerprint density at radius 3 is 2.33 bits per heavy atom. The number of carbonyl (C=O) groups excluding carboxylic acids is 4. The maximum Gasteiger partial charge on any atom is 0.331 e. The first kappa shape index (κ1) is 19.8. The molecule has 7 heteroatoms. The van der Waals surface area contributed by atoms with Crippen molar-refractivity contribution in [1.29, 1.82) is 0 Å². The normalized spacial score (nSPS) is 30.4.